The van der Waals surface area contributed by atoms with Crippen molar-refractivity contribution in [3.8, 4) is 11.3 Å². The molecule has 1 N–H and O–H groups in total. The average Bonchev–Trinajstić information content (AvgIpc) is 3.42. The van der Waals surface area contributed by atoms with E-state index in [0.717, 1.165) is 28.9 Å². The molecule has 0 saturated carbocycles. The highest BCUT2D eigenvalue weighted by molar-refractivity contribution is 7.99. The van der Waals surface area contributed by atoms with Crippen molar-refractivity contribution in [2.75, 3.05) is 11.1 Å². The molecule has 7 nitrogen and oxygen atoms in total. The van der Waals surface area contributed by atoms with Gasteiger partial charge in [0.2, 0.25) is 5.91 Å². The normalized spacial score (nSPS) is 11.3. The molecule has 0 aliphatic carbocycles. The molecule has 0 atom stereocenters. The van der Waals surface area contributed by atoms with Gasteiger partial charge >= 0.3 is 0 Å². The molecule has 3 aromatic heterocycles. The minimum Gasteiger partial charge on any atom is -0.325 e. The maximum Gasteiger partial charge on any atom is 0.234 e. The molecule has 0 aliphatic rings. The summed E-state index contributed by atoms with van der Waals surface area (Å²) < 4.78 is 3.70. The number of carbonyl (C=O) groups is 1. The molecule has 2 aromatic carbocycles. The van der Waals surface area contributed by atoms with Crippen LogP contribution >= 0.6 is 11.8 Å². The van der Waals surface area contributed by atoms with Crippen LogP contribution in [0.2, 0.25) is 0 Å². The van der Waals surface area contributed by atoms with Crippen LogP contribution in [0.3, 0.4) is 0 Å². The van der Waals surface area contributed by atoms with E-state index in [1.807, 2.05) is 47.1 Å². The SMILES string of the molecule is CCc1ccc(NC(=O)CSc2nnc3c4cc(-c5ccc(C)cc5)nn4ccn23)cc1. The zero-order valence-electron chi connectivity index (χ0n) is 17.8. The predicted octanol–water partition coefficient (Wildman–Crippen LogP) is 4.65. The number of benzene rings is 2. The number of thioether (sulfide) groups is 1. The smallest absolute Gasteiger partial charge is 0.234 e. The maximum atomic E-state index is 12.4. The van der Waals surface area contributed by atoms with Crippen LogP contribution in [0.25, 0.3) is 22.4 Å². The van der Waals surface area contributed by atoms with Crippen LogP contribution in [0.4, 0.5) is 5.69 Å². The van der Waals surface area contributed by atoms with Gasteiger partial charge in [0, 0.05) is 23.6 Å². The number of rotatable bonds is 6. The van der Waals surface area contributed by atoms with Crippen molar-refractivity contribution in [3.05, 3.63) is 78.1 Å². The molecule has 1 amide bonds. The van der Waals surface area contributed by atoms with Crippen molar-refractivity contribution in [2.45, 2.75) is 25.4 Å². The number of hydrogen-bond donors (Lipinski definition) is 1. The maximum absolute atomic E-state index is 12.4. The lowest BCUT2D eigenvalue weighted by atomic mass is 10.1. The van der Waals surface area contributed by atoms with Gasteiger partial charge in [0.1, 0.15) is 5.52 Å². The number of amides is 1. The largest absolute Gasteiger partial charge is 0.325 e. The quantitative estimate of drug-likeness (QED) is 0.388. The van der Waals surface area contributed by atoms with Crippen LogP contribution in [0.1, 0.15) is 18.1 Å². The zero-order valence-corrected chi connectivity index (χ0v) is 18.6. The summed E-state index contributed by atoms with van der Waals surface area (Å²) in [6.45, 7) is 4.17. The fourth-order valence-corrected chi connectivity index (χ4v) is 4.22. The second kappa shape index (κ2) is 8.47. The average molecular weight is 443 g/mol. The molecular weight excluding hydrogens is 420 g/mol. The molecule has 3 heterocycles. The van der Waals surface area contributed by atoms with E-state index in [0.29, 0.717) is 10.8 Å². The number of nitrogens with zero attached hydrogens (tertiary/aromatic N) is 5. The summed E-state index contributed by atoms with van der Waals surface area (Å²) >= 11 is 1.35. The fraction of sp³-hybridized carbons (Fsp3) is 0.167. The van der Waals surface area contributed by atoms with Crippen LogP contribution in [-0.4, -0.2) is 35.9 Å². The van der Waals surface area contributed by atoms with Crippen LogP contribution in [0.5, 0.6) is 0 Å². The van der Waals surface area contributed by atoms with E-state index in [2.05, 4.69) is 58.7 Å². The third kappa shape index (κ3) is 3.97. The van der Waals surface area contributed by atoms with Gasteiger partial charge in [0.05, 0.1) is 11.4 Å². The Hall–Kier alpha value is -3.65. The van der Waals surface area contributed by atoms with Gasteiger partial charge in [-0.05, 0) is 37.1 Å². The lowest BCUT2D eigenvalue weighted by Crippen LogP contribution is -2.14. The van der Waals surface area contributed by atoms with Crippen molar-refractivity contribution in [3.63, 3.8) is 0 Å². The van der Waals surface area contributed by atoms with E-state index in [1.165, 1.54) is 22.9 Å². The van der Waals surface area contributed by atoms with Crippen LogP contribution in [-0.2, 0) is 11.2 Å². The standard InChI is InChI=1S/C24H22N6OS/c1-3-17-6-10-19(11-7-17)25-22(31)15-32-24-27-26-23-21-14-20(18-8-4-16(2)5-9-18)28-30(21)13-12-29(23)24/h4-14H,3,15H2,1-2H3,(H,25,31). The Kier molecular flexibility index (Phi) is 5.36. The second-order valence-electron chi connectivity index (χ2n) is 7.59. The van der Waals surface area contributed by atoms with Gasteiger partial charge in [-0.15, -0.1) is 10.2 Å². The van der Waals surface area contributed by atoms with Gasteiger partial charge in [-0.2, -0.15) is 5.10 Å². The van der Waals surface area contributed by atoms with Crippen molar-refractivity contribution in [1.29, 1.82) is 0 Å². The number of nitrogens with one attached hydrogen (secondary N) is 1. The number of anilines is 1. The van der Waals surface area contributed by atoms with E-state index in [1.54, 1.807) is 4.52 Å². The van der Waals surface area contributed by atoms with Crippen molar-refractivity contribution in [1.82, 2.24) is 24.2 Å². The number of carbonyl (C=O) groups excluding carboxylic acids is 1. The topological polar surface area (TPSA) is 76.6 Å². The minimum atomic E-state index is -0.0805. The summed E-state index contributed by atoms with van der Waals surface area (Å²) in [5, 5.41) is 16.9. The lowest BCUT2D eigenvalue weighted by Gasteiger charge is -2.05. The first-order valence-electron chi connectivity index (χ1n) is 10.4. The first-order chi connectivity index (χ1) is 15.6. The monoisotopic (exact) mass is 442 g/mol. The van der Waals surface area contributed by atoms with Crippen molar-refractivity contribution >= 4 is 34.5 Å². The van der Waals surface area contributed by atoms with E-state index >= 15 is 0 Å². The third-order valence-electron chi connectivity index (χ3n) is 5.31. The molecule has 5 rings (SSSR count). The molecule has 32 heavy (non-hydrogen) atoms. The number of hydrogen-bond acceptors (Lipinski definition) is 5. The Balaban J connectivity index is 1.34. The second-order valence-corrected chi connectivity index (χ2v) is 8.53. The third-order valence-corrected chi connectivity index (χ3v) is 6.26. The van der Waals surface area contributed by atoms with Crippen LogP contribution < -0.4 is 5.32 Å². The number of fused-ring (bicyclic) bond motifs is 3. The number of aromatic nitrogens is 5. The summed E-state index contributed by atoms with van der Waals surface area (Å²) in [7, 11) is 0. The molecule has 160 valence electrons. The molecule has 0 radical (unpaired) electrons. The van der Waals surface area contributed by atoms with Gasteiger partial charge in [-0.1, -0.05) is 60.6 Å². The number of aryl methyl sites for hydroxylation is 2. The van der Waals surface area contributed by atoms with Gasteiger partial charge < -0.3 is 5.32 Å². The highest BCUT2D eigenvalue weighted by Gasteiger charge is 2.14. The van der Waals surface area contributed by atoms with Gasteiger partial charge in [0.15, 0.2) is 10.8 Å². The Bertz CT molecular complexity index is 1400. The molecule has 0 bridgehead atoms. The molecule has 0 unspecified atom stereocenters. The molecule has 0 saturated heterocycles. The Morgan fingerprint density at radius 3 is 2.56 bits per heavy atom. The summed E-state index contributed by atoms with van der Waals surface area (Å²) in [4.78, 5) is 12.4. The van der Waals surface area contributed by atoms with E-state index in [-0.39, 0.29) is 11.7 Å². The Morgan fingerprint density at radius 1 is 1.03 bits per heavy atom. The first-order valence-corrected chi connectivity index (χ1v) is 11.4. The van der Waals surface area contributed by atoms with E-state index < -0.39 is 0 Å². The summed E-state index contributed by atoms with van der Waals surface area (Å²) in [6, 6.07) is 18.2. The summed E-state index contributed by atoms with van der Waals surface area (Å²) in [5.74, 6) is 0.165. The molecule has 0 spiro atoms. The molecule has 0 fully saturated rings. The van der Waals surface area contributed by atoms with Gasteiger partial charge in [-0.3, -0.25) is 9.20 Å². The van der Waals surface area contributed by atoms with E-state index in [4.69, 9.17) is 0 Å². The lowest BCUT2D eigenvalue weighted by molar-refractivity contribution is -0.113. The van der Waals surface area contributed by atoms with Gasteiger partial charge in [0.25, 0.3) is 0 Å². The van der Waals surface area contributed by atoms with Crippen molar-refractivity contribution in [2.24, 2.45) is 0 Å². The minimum absolute atomic E-state index is 0.0805. The molecule has 5 aromatic rings. The molecular formula is C24H22N6OS. The van der Waals surface area contributed by atoms with Crippen molar-refractivity contribution < 1.29 is 4.79 Å². The first kappa shape index (κ1) is 20.3. The Morgan fingerprint density at radius 2 is 1.81 bits per heavy atom. The highest BCUT2D eigenvalue weighted by atomic mass is 32.2. The van der Waals surface area contributed by atoms with E-state index in [9.17, 15) is 4.79 Å². The van der Waals surface area contributed by atoms with Crippen LogP contribution in [0, 0.1) is 6.92 Å². The van der Waals surface area contributed by atoms with Gasteiger partial charge in [-0.25, -0.2) is 4.52 Å². The molecule has 0 aliphatic heterocycles. The fourth-order valence-electron chi connectivity index (χ4n) is 3.51. The highest BCUT2D eigenvalue weighted by Crippen LogP contribution is 2.24. The predicted molar refractivity (Wildman–Crippen MR) is 127 cm³/mol. The Labute approximate surface area is 189 Å². The summed E-state index contributed by atoms with van der Waals surface area (Å²) in [6.07, 6.45) is 4.72. The van der Waals surface area contributed by atoms with Crippen LogP contribution in [0.15, 0.2) is 72.1 Å². The summed E-state index contributed by atoms with van der Waals surface area (Å²) in [5.41, 5.74) is 6.74. The molecule has 8 heteroatoms. The zero-order chi connectivity index (χ0) is 22.1.